The molecule has 1 unspecified atom stereocenters. The molecule has 1 aliphatic rings. The Hall–Kier alpha value is -1.30. The third kappa shape index (κ3) is 1.65. The van der Waals surface area contributed by atoms with Crippen LogP contribution in [0.4, 0.5) is 0 Å². The molecule has 0 bridgehead atoms. The molecule has 1 aromatic rings. The first-order valence-corrected chi connectivity index (χ1v) is 5.29. The average Bonchev–Trinajstić information content (AvgIpc) is 2.36. The lowest BCUT2D eigenvalue weighted by atomic mass is 10.1. The van der Waals surface area contributed by atoms with Crippen molar-refractivity contribution in [1.82, 2.24) is 0 Å². The first-order chi connectivity index (χ1) is 6.81. The van der Waals surface area contributed by atoms with E-state index in [4.69, 9.17) is 0 Å². The Bertz CT molecular complexity index is 463. The van der Waals surface area contributed by atoms with Crippen molar-refractivity contribution in [2.45, 2.75) is 20.3 Å². The first kappa shape index (κ1) is 9.26. The maximum atomic E-state index is 2.33. The molecule has 0 radical (unpaired) electrons. The van der Waals surface area contributed by atoms with Crippen molar-refractivity contribution in [1.29, 1.82) is 0 Å². The van der Waals surface area contributed by atoms with Gasteiger partial charge in [0.25, 0.3) is 0 Å². The van der Waals surface area contributed by atoms with Gasteiger partial charge in [-0.25, -0.2) is 0 Å². The maximum Gasteiger partial charge on any atom is -0.00695 e. The highest BCUT2D eigenvalue weighted by molar-refractivity contribution is 5.59. The number of rotatable bonds is 1. The van der Waals surface area contributed by atoms with Crippen LogP contribution in [0, 0.1) is 5.92 Å². The van der Waals surface area contributed by atoms with Crippen molar-refractivity contribution in [2.24, 2.45) is 5.92 Å². The Kier molecular flexibility index (Phi) is 2.53. The van der Waals surface area contributed by atoms with Crippen LogP contribution < -0.4 is 10.4 Å². The van der Waals surface area contributed by atoms with Crippen LogP contribution in [0.1, 0.15) is 20.3 Å². The van der Waals surface area contributed by atoms with Crippen LogP contribution >= 0.6 is 0 Å². The standard InChI is InChI=1S/C14H16/c1-3-12-9-8-11(2)10-13-6-4-5-7-14(12)13/h4-11H,3H2,1-2H3. The molecule has 0 N–H and O–H groups in total. The molecule has 0 fully saturated rings. The molecule has 0 saturated carbocycles. The highest BCUT2D eigenvalue weighted by atomic mass is 14.0. The van der Waals surface area contributed by atoms with E-state index in [0.717, 1.165) is 6.42 Å². The second-order valence-electron chi connectivity index (χ2n) is 3.85. The van der Waals surface area contributed by atoms with Crippen LogP contribution in [0.5, 0.6) is 0 Å². The molecule has 72 valence electrons. The normalized spacial score (nSPS) is 19.9. The zero-order valence-electron chi connectivity index (χ0n) is 8.83. The van der Waals surface area contributed by atoms with Gasteiger partial charge in [0.15, 0.2) is 0 Å². The lowest BCUT2D eigenvalue weighted by Crippen LogP contribution is -2.25. The molecule has 0 saturated heterocycles. The number of benzene rings is 1. The van der Waals surface area contributed by atoms with Crippen LogP contribution in [0.25, 0.3) is 11.6 Å². The molecule has 0 nitrogen and oxygen atoms in total. The van der Waals surface area contributed by atoms with E-state index in [1.807, 2.05) is 0 Å². The van der Waals surface area contributed by atoms with Crippen molar-refractivity contribution in [3.8, 4) is 0 Å². The predicted octanol–water partition coefficient (Wildman–Crippen LogP) is 2.23. The molecular formula is C14H16. The zero-order valence-corrected chi connectivity index (χ0v) is 8.83. The van der Waals surface area contributed by atoms with Gasteiger partial charge in [-0.3, -0.25) is 0 Å². The minimum Gasteiger partial charge on any atom is -0.0776 e. The Balaban J connectivity index is 2.80. The Morgan fingerprint density at radius 3 is 2.79 bits per heavy atom. The van der Waals surface area contributed by atoms with Gasteiger partial charge in [-0.05, 0) is 28.3 Å². The van der Waals surface area contributed by atoms with Gasteiger partial charge in [0, 0.05) is 0 Å². The fraction of sp³-hybridized carbons (Fsp3) is 0.286. The van der Waals surface area contributed by atoms with E-state index in [9.17, 15) is 0 Å². The Morgan fingerprint density at radius 2 is 2.00 bits per heavy atom. The Labute approximate surface area is 85.3 Å². The van der Waals surface area contributed by atoms with Gasteiger partial charge in [0.2, 0.25) is 0 Å². The second kappa shape index (κ2) is 3.83. The Morgan fingerprint density at radius 1 is 1.21 bits per heavy atom. The van der Waals surface area contributed by atoms with E-state index < -0.39 is 0 Å². The summed E-state index contributed by atoms with van der Waals surface area (Å²) in [6.07, 6.45) is 7.98. The van der Waals surface area contributed by atoms with Gasteiger partial charge >= 0.3 is 0 Å². The number of hydrogen-bond acceptors (Lipinski definition) is 0. The van der Waals surface area contributed by atoms with Gasteiger partial charge in [0.1, 0.15) is 0 Å². The largest absolute Gasteiger partial charge is 0.0776 e. The molecule has 1 atom stereocenters. The van der Waals surface area contributed by atoms with E-state index in [-0.39, 0.29) is 0 Å². The third-order valence-electron chi connectivity index (χ3n) is 2.73. The first-order valence-electron chi connectivity index (χ1n) is 5.29. The quantitative estimate of drug-likeness (QED) is 0.628. The average molecular weight is 184 g/mol. The van der Waals surface area contributed by atoms with E-state index in [2.05, 4.69) is 56.3 Å². The summed E-state index contributed by atoms with van der Waals surface area (Å²) >= 11 is 0. The zero-order chi connectivity index (χ0) is 9.97. The summed E-state index contributed by atoms with van der Waals surface area (Å²) in [7, 11) is 0. The highest BCUT2D eigenvalue weighted by Crippen LogP contribution is 2.08. The van der Waals surface area contributed by atoms with Gasteiger partial charge in [-0.1, -0.05) is 56.3 Å². The summed E-state index contributed by atoms with van der Waals surface area (Å²) in [6.45, 7) is 4.44. The minimum absolute atomic E-state index is 0.542. The second-order valence-corrected chi connectivity index (χ2v) is 3.85. The van der Waals surface area contributed by atoms with E-state index in [0.29, 0.717) is 5.92 Å². The lowest BCUT2D eigenvalue weighted by molar-refractivity contribution is 0.997. The molecular weight excluding hydrogens is 168 g/mol. The van der Waals surface area contributed by atoms with Crippen LogP contribution in [0.15, 0.2) is 36.4 Å². The van der Waals surface area contributed by atoms with Crippen molar-refractivity contribution in [3.63, 3.8) is 0 Å². The fourth-order valence-electron chi connectivity index (χ4n) is 1.94. The molecule has 2 rings (SSSR count). The maximum absolute atomic E-state index is 2.33. The van der Waals surface area contributed by atoms with Crippen LogP contribution in [-0.4, -0.2) is 0 Å². The summed E-state index contributed by atoms with van der Waals surface area (Å²) in [4.78, 5) is 0. The summed E-state index contributed by atoms with van der Waals surface area (Å²) in [5.74, 6) is 0.542. The summed E-state index contributed by atoms with van der Waals surface area (Å²) in [6, 6.07) is 8.65. The molecule has 0 amide bonds. The van der Waals surface area contributed by atoms with Crippen molar-refractivity contribution in [3.05, 3.63) is 46.9 Å². The molecule has 0 heteroatoms. The van der Waals surface area contributed by atoms with E-state index in [1.54, 1.807) is 0 Å². The SMILES string of the molecule is CCC1=c2ccccc2=CC(C)C=C1. The third-order valence-corrected chi connectivity index (χ3v) is 2.73. The van der Waals surface area contributed by atoms with Gasteiger partial charge in [-0.2, -0.15) is 0 Å². The fourth-order valence-corrected chi connectivity index (χ4v) is 1.94. The summed E-state index contributed by atoms with van der Waals surface area (Å²) < 4.78 is 0. The van der Waals surface area contributed by atoms with Crippen LogP contribution in [0.3, 0.4) is 0 Å². The number of allylic oxidation sites excluding steroid dienone is 2. The summed E-state index contributed by atoms with van der Waals surface area (Å²) in [5.41, 5.74) is 1.45. The lowest BCUT2D eigenvalue weighted by Gasteiger charge is -1.96. The van der Waals surface area contributed by atoms with Gasteiger partial charge in [-0.15, -0.1) is 0 Å². The highest BCUT2D eigenvalue weighted by Gasteiger charge is 1.99. The molecule has 1 aromatic carbocycles. The predicted molar refractivity (Wildman–Crippen MR) is 62.2 cm³/mol. The topological polar surface area (TPSA) is 0 Å². The smallest absolute Gasteiger partial charge is 0.00695 e. The van der Waals surface area contributed by atoms with E-state index >= 15 is 0 Å². The van der Waals surface area contributed by atoms with Gasteiger partial charge in [0.05, 0.1) is 0 Å². The summed E-state index contributed by atoms with van der Waals surface area (Å²) in [5, 5.41) is 2.78. The van der Waals surface area contributed by atoms with Crippen LogP contribution in [0.2, 0.25) is 0 Å². The molecule has 0 spiro atoms. The van der Waals surface area contributed by atoms with Crippen molar-refractivity contribution < 1.29 is 0 Å². The monoisotopic (exact) mass is 184 g/mol. The van der Waals surface area contributed by atoms with Gasteiger partial charge < -0.3 is 0 Å². The molecule has 0 aromatic heterocycles. The van der Waals surface area contributed by atoms with Crippen LogP contribution in [-0.2, 0) is 0 Å². The minimum atomic E-state index is 0.542. The molecule has 0 aliphatic heterocycles. The number of fused-ring (bicyclic) bond motifs is 1. The van der Waals surface area contributed by atoms with Crippen molar-refractivity contribution >= 4 is 11.6 Å². The van der Waals surface area contributed by atoms with E-state index in [1.165, 1.54) is 16.0 Å². The van der Waals surface area contributed by atoms with Crippen molar-refractivity contribution in [2.75, 3.05) is 0 Å². The molecule has 0 heterocycles. The molecule has 1 aliphatic carbocycles. The number of hydrogen-bond donors (Lipinski definition) is 0. The molecule has 14 heavy (non-hydrogen) atoms.